The second-order valence-electron chi connectivity index (χ2n) is 6.16. The summed E-state index contributed by atoms with van der Waals surface area (Å²) < 4.78 is 3.21. The van der Waals surface area contributed by atoms with Crippen LogP contribution in [-0.4, -0.2) is 16.5 Å². The molecule has 1 aliphatic rings. The van der Waals surface area contributed by atoms with E-state index in [1.807, 2.05) is 18.3 Å². The molecule has 0 radical (unpaired) electrons. The van der Waals surface area contributed by atoms with Crippen molar-refractivity contribution in [3.63, 3.8) is 0 Å². The second kappa shape index (κ2) is 5.84. The summed E-state index contributed by atoms with van der Waals surface area (Å²) in [5.41, 5.74) is 1.90. The molecule has 1 heterocycles. The number of hydrogen-bond donors (Lipinski definition) is 1. The van der Waals surface area contributed by atoms with Gasteiger partial charge in [0, 0.05) is 28.1 Å². The topological polar surface area (TPSA) is 34.0 Å². The van der Waals surface area contributed by atoms with Crippen LogP contribution in [0.15, 0.2) is 28.9 Å². The lowest BCUT2D eigenvalue weighted by Gasteiger charge is -2.11. The Hall–Kier alpha value is -1.29. The van der Waals surface area contributed by atoms with Gasteiger partial charge in [-0.05, 0) is 38.8 Å². The van der Waals surface area contributed by atoms with Crippen LogP contribution in [-0.2, 0) is 0 Å². The lowest BCUT2D eigenvalue weighted by molar-refractivity contribution is 0.0939. The summed E-state index contributed by atoms with van der Waals surface area (Å²) in [6.07, 6.45) is 6.67. The summed E-state index contributed by atoms with van der Waals surface area (Å²) in [4.78, 5) is 12.6. The minimum Gasteiger partial charge on any atom is -0.349 e. The van der Waals surface area contributed by atoms with Gasteiger partial charge in [-0.15, -0.1) is 0 Å². The summed E-state index contributed by atoms with van der Waals surface area (Å²) in [6, 6.07) is 6.79. The first kappa shape index (κ1) is 14.6. The zero-order chi connectivity index (χ0) is 15.0. The Bertz CT molecular complexity index is 669. The van der Waals surface area contributed by atoms with Crippen LogP contribution in [0.3, 0.4) is 0 Å². The number of nitrogens with zero attached hydrogens (tertiary/aromatic N) is 1. The molecule has 112 valence electrons. The van der Waals surface area contributed by atoms with Crippen molar-refractivity contribution in [2.24, 2.45) is 0 Å². The summed E-state index contributed by atoms with van der Waals surface area (Å²) in [6.45, 7) is 4.28. The Morgan fingerprint density at radius 2 is 2.05 bits per heavy atom. The van der Waals surface area contributed by atoms with E-state index in [0.717, 1.165) is 33.8 Å². The van der Waals surface area contributed by atoms with Crippen molar-refractivity contribution >= 4 is 32.7 Å². The molecule has 3 nitrogen and oxygen atoms in total. The summed E-state index contributed by atoms with van der Waals surface area (Å²) in [7, 11) is 0. The van der Waals surface area contributed by atoms with E-state index in [-0.39, 0.29) is 5.91 Å². The molecular formula is C17H21BrN2O. The quantitative estimate of drug-likeness (QED) is 0.859. The van der Waals surface area contributed by atoms with Crippen LogP contribution in [0.5, 0.6) is 0 Å². The summed E-state index contributed by atoms with van der Waals surface area (Å²) in [5.74, 6) is 0.0635. The first-order chi connectivity index (χ1) is 10.1. The lowest BCUT2D eigenvalue weighted by atomic mass is 10.1. The number of nitrogens with one attached hydrogen (secondary N) is 1. The molecule has 1 saturated carbocycles. The maximum atomic E-state index is 12.6. The van der Waals surface area contributed by atoms with Crippen molar-refractivity contribution in [2.75, 3.05) is 0 Å². The van der Waals surface area contributed by atoms with Crippen LogP contribution in [0.4, 0.5) is 0 Å². The summed E-state index contributed by atoms with van der Waals surface area (Å²) >= 11 is 3.52. The van der Waals surface area contributed by atoms with Crippen molar-refractivity contribution in [1.29, 1.82) is 0 Å². The zero-order valence-corrected chi connectivity index (χ0v) is 14.1. The fourth-order valence-corrected chi connectivity index (χ4v) is 3.51. The number of aromatic nitrogens is 1. The number of hydrogen-bond acceptors (Lipinski definition) is 1. The Morgan fingerprint density at radius 1 is 1.33 bits per heavy atom. The molecule has 4 heteroatoms. The van der Waals surface area contributed by atoms with E-state index in [1.165, 1.54) is 12.8 Å². The molecule has 0 spiro atoms. The molecule has 0 atom stereocenters. The fourth-order valence-electron chi connectivity index (χ4n) is 3.17. The minimum absolute atomic E-state index is 0.0635. The molecule has 0 unspecified atom stereocenters. The van der Waals surface area contributed by atoms with Crippen LogP contribution < -0.4 is 5.32 Å². The van der Waals surface area contributed by atoms with Crippen LogP contribution >= 0.6 is 15.9 Å². The third-order valence-electron chi connectivity index (χ3n) is 4.29. The summed E-state index contributed by atoms with van der Waals surface area (Å²) in [5, 5.41) is 4.22. The second-order valence-corrected chi connectivity index (χ2v) is 7.08. The van der Waals surface area contributed by atoms with Gasteiger partial charge in [0.2, 0.25) is 0 Å². The molecule has 3 rings (SSSR count). The van der Waals surface area contributed by atoms with Gasteiger partial charge in [-0.1, -0.05) is 34.8 Å². The van der Waals surface area contributed by atoms with Gasteiger partial charge < -0.3 is 9.88 Å². The molecule has 1 aliphatic carbocycles. The van der Waals surface area contributed by atoms with Gasteiger partial charge in [-0.2, -0.15) is 0 Å². The fraction of sp³-hybridized carbons (Fsp3) is 0.471. The smallest absolute Gasteiger partial charge is 0.253 e. The highest BCUT2D eigenvalue weighted by molar-refractivity contribution is 9.10. The van der Waals surface area contributed by atoms with Crippen molar-refractivity contribution in [1.82, 2.24) is 9.88 Å². The van der Waals surface area contributed by atoms with Gasteiger partial charge >= 0.3 is 0 Å². The van der Waals surface area contributed by atoms with E-state index in [1.54, 1.807) is 0 Å². The molecule has 0 saturated heterocycles. The van der Waals surface area contributed by atoms with Gasteiger partial charge in [-0.25, -0.2) is 0 Å². The number of carbonyl (C=O) groups is 1. The van der Waals surface area contributed by atoms with Gasteiger partial charge in [-0.3, -0.25) is 4.79 Å². The average Bonchev–Trinajstić information content (AvgIpc) is 3.05. The van der Waals surface area contributed by atoms with Gasteiger partial charge in [0.15, 0.2) is 0 Å². The third kappa shape index (κ3) is 2.86. The van der Waals surface area contributed by atoms with Crippen molar-refractivity contribution < 1.29 is 4.79 Å². The molecule has 1 N–H and O–H groups in total. The number of fused-ring (bicyclic) bond motifs is 1. The first-order valence-corrected chi connectivity index (χ1v) is 8.46. The SMILES string of the molecule is CC(C)n1cc(C(=O)NC2CCCC2)c2ccc(Br)cc21. The monoisotopic (exact) mass is 348 g/mol. The third-order valence-corrected chi connectivity index (χ3v) is 4.78. The standard InChI is InChI=1S/C17H21BrN2O/c1-11(2)20-10-15(14-8-7-12(18)9-16(14)20)17(21)19-13-5-3-4-6-13/h7-11,13H,3-6H2,1-2H3,(H,19,21). The van der Waals surface area contributed by atoms with Crippen LogP contribution in [0.2, 0.25) is 0 Å². The number of rotatable bonds is 3. The maximum Gasteiger partial charge on any atom is 0.253 e. The Balaban J connectivity index is 1.99. The number of carbonyl (C=O) groups excluding carboxylic acids is 1. The number of amides is 1. The highest BCUT2D eigenvalue weighted by Crippen LogP contribution is 2.28. The predicted octanol–water partition coefficient (Wildman–Crippen LogP) is 4.66. The Morgan fingerprint density at radius 3 is 2.71 bits per heavy atom. The van der Waals surface area contributed by atoms with E-state index >= 15 is 0 Å². The molecule has 1 fully saturated rings. The molecule has 21 heavy (non-hydrogen) atoms. The Kier molecular flexibility index (Phi) is 4.07. The maximum absolute atomic E-state index is 12.6. The van der Waals surface area contributed by atoms with Gasteiger partial charge in [0.1, 0.15) is 0 Å². The van der Waals surface area contributed by atoms with Crippen LogP contribution in [0, 0.1) is 0 Å². The molecule has 0 bridgehead atoms. The van der Waals surface area contributed by atoms with E-state index in [4.69, 9.17) is 0 Å². The zero-order valence-electron chi connectivity index (χ0n) is 12.5. The van der Waals surface area contributed by atoms with E-state index in [9.17, 15) is 4.79 Å². The normalized spacial score (nSPS) is 16.0. The number of benzene rings is 1. The van der Waals surface area contributed by atoms with Gasteiger partial charge in [0.05, 0.1) is 11.1 Å². The van der Waals surface area contributed by atoms with Crippen molar-refractivity contribution in [2.45, 2.75) is 51.6 Å². The van der Waals surface area contributed by atoms with Gasteiger partial charge in [0.25, 0.3) is 5.91 Å². The molecule has 1 aromatic carbocycles. The molecule has 1 aromatic heterocycles. The average molecular weight is 349 g/mol. The minimum atomic E-state index is 0.0635. The molecule has 2 aromatic rings. The van der Waals surface area contributed by atoms with Crippen molar-refractivity contribution in [3.8, 4) is 0 Å². The highest BCUT2D eigenvalue weighted by atomic mass is 79.9. The van der Waals surface area contributed by atoms with E-state index in [0.29, 0.717) is 12.1 Å². The van der Waals surface area contributed by atoms with Crippen LogP contribution in [0.1, 0.15) is 55.9 Å². The molecular weight excluding hydrogens is 328 g/mol. The largest absolute Gasteiger partial charge is 0.349 e. The highest BCUT2D eigenvalue weighted by Gasteiger charge is 2.21. The van der Waals surface area contributed by atoms with E-state index in [2.05, 4.69) is 45.7 Å². The van der Waals surface area contributed by atoms with Crippen LogP contribution in [0.25, 0.3) is 10.9 Å². The lowest BCUT2D eigenvalue weighted by Crippen LogP contribution is -2.32. The first-order valence-electron chi connectivity index (χ1n) is 7.67. The number of halogens is 1. The predicted molar refractivity (Wildman–Crippen MR) is 89.7 cm³/mol. The van der Waals surface area contributed by atoms with E-state index < -0.39 is 0 Å². The molecule has 0 aliphatic heterocycles. The van der Waals surface area contributed by atoms with Crippen molar-refractivity contribution in [3.05, 3.63) is 34.4 Å². The molecule has 1 amide bonds. The Labute approximate surface area is 133 Å².